The van der Waals surface area contributed by atoms with Gasteiger partial charge in [-0.2, -0.15) is 0 Å². The molecule has 0 bridgehead atoms. The third kappa shape index (κ3) is 2.49. The van der Waals surface area contributed by atoms with E-state index in [1.54, 1.807) is 0 Å². The van der Waals surface area contributed by atoms with Gasteiger partial charge in [0.25, 0.3) is 5.91 Å². The molecule has 0 radical (unpaired) electrons. The van der Waals surface area contributed by atoms with Gasteiger partial charge in [0.2, 0.25) is 0 Å². The van der Waals surface area contributed by atoms with E-state index >= 15 is 0 Å². The van der Waals surface area contributed by atoms with Gasteiger partial charge in [0.15, 0.2) is 0 Å². The van der Waals surface area contributed by atoms with Gasteiger partial charge in [0.05, 0.1) is 5.69 Å². The van der Waals surface area contributed by atoms with Crippen LogP contribution in [0.25, 0.3) is 0 Å². The van der Waals surface area contributed by atoms with Gasteiger partial charge in [-0.1, -0.05) is 24.3 Å². The Bertz CT molecular complexity index is 524. The van der Waals surface area contributed by atoms with E-state index in [4.69, 9.17) is 0 Å². The maximum absolute atomic E-state index is 12.3. The molecule has 0 unspecified atom stereocenters. The van der Waals surface area contributed by atoms with E-state index in [0.29, 0.717) is 0 Å². The van der Waals surface area contributed by atoms with Crippen LogP contribution < -0.4 is 10.4 Å². The average Bonchev–Trinajstić information content (AvgIpc) is 2.82. The lowest BCUT2D eigenvalue weighted by molar-refractivity contribution is -0.118. The zero-order valence-corrected chi connectivity index (χ0v) is 11.2. The summed E-state index contributed by atoms with van der Waals surface area (Å²) in [7, 11) is 2.05. The summed E-state index contributed by atoms with van der Waals surface area (Å²) in [6, 6.07) is 8.23. The molecule has 0 aliphatic carbocycles. The zero-order chi connectivity index (χ0) is 13.2. The number of nitrogens with one attached hydrogen (secondary N) is 1. The SMILES string of the molecule is CN1CCC=C(C(=O)NN2CCc3ccccc32)C1. The highest BCUT2D eigenvalue weighted by Gasteiger charge is 2.22. The van der Waals surface area contributed by atoms with Crippen LogP contribution in [0.5, 0.6) is 0 Å². The maximum atomic E-state index is 12.3. The van der Waals surface area contributed by atoms with Crippen molar-refractivity contribution in [2.24, 2.45) is 0 Å². The van der Waals surface area contributed by atoms with Crippen molar-refractivity contribution in [2.75, 3.05) is 31.7 Å². The Morgan fingerprint density at radius 1 is 1.26 bits per heavy atom. The van der Waals surface area contributed by atoms with E-state index in [1.807, 2.05) is 24.2 Å². The Morgan fingerprint density at radius 2 is 2.11 bits per heavy atom. The lowest BCUT2D eigenvalue weighted by Crippen LogP contribution is -2.44. The molecule has 2 aliphatic rings. The first kappa shape index (κ1) is 12.2. The second-order valence-corrected chi connectivity index (χ2v) is 5.23. The van der Waals surface area contributed by atoms with Crippen molar-refractivity contribution in [3.05, 3.63) is 41.5 Å². The number of hydrogen-bond acceptors (Lipinski definition) is 3. The van der Waals surface area contributed by atoms with Gasteiger partial charge in [-0.05, 0) is 31.5 Å². The fraction of sp³-hybridized carbons (Fsp3) is 0.400. The predicted molar refractivity (Wildman–Crippen MR) is 75.8 cm³/mol. The summed E-state index contributed by atoms with van der Waals surface area (Å²) in [5.74, 6) is 0.0308. The minimum atomic E-state index is 0.0308. The molecule has 0 saturated heterocycles. The second-order valence-electron chi connectivity index (χ2n) is 5.23. The minimum absolute atomic E-state index is 0.0308. The second kappa shape index (κ2) is 5.05. The van der Waals surface area contributed by atoms with Crippen molar-refractivity contribution in [1.82, 2.24) is 10.3 Å². The van der Waals surface area contributed by atoms with Crippen molar-refractivity contribution >= 4 is 11.6 Å². The number of para-hydroxylation sites is 1. The standard InChI is InChI=1S/C15H19N3O/c1-17-9-4-6-13(11-17)15(19)16-18-10-8-12-5-2-3-7-14(12)18/h2-3,5-7H,4,8-11H2,1H3,(H,16,19). The minimum Gasteiger partial charge on any atom is -0.302 e. The largest absolute Gasteiger partial charge is 0.302 e. The molecule has 0 fully saturated rings. The normalized spacial score (nSPS) is 19.0. The molecule has 1 aromatic carbocycles. The molecule has 100 valence electrons. The number of carbonyl (C=O) groups is 1. The van der Waals surface area contributed by atoms with Crippen molar-refractivity contribution in [3.63, 3.8) is 0 Å². The summed E-state index contributed by atoms with van der Waals surface area (Å²) in [5.41, 5.74) is 6.33. The molecule has 4 heteroatoms. The van der Waals surface area contributed by atoms with Crippen molar-refractivity contribution in [2.45, 2.75) is 12.8 Å². The molecule has 0 saturated carbocycles. The molecule has 3 rings (SSSR count). The van der Waals surface area contributed by atoms with Crippen LogP contribution >= 0.6 is 0 Å². The average molecular weight is 257 g/mol. The van der Waals surface area contributed by atoms with Crippen molar-refractivity contribution < 1.29 is 4.79 Å². The topological polar surface area (TPSA) is 35.6 Å². The first-order valence-electron chi connectivity index (χ1n) is 6.78. The highest BCUT2D eigenvalue weighted by atomic mass is 16.2. The van der Waals surface area contributed by atoms with E-state index in [-0.39, 0.29) is 5.91 Å². The Hall–Kier alpha value is -1.81. The zero-order valence-electron chi connectivity index (χ0n) is 11.2. The van der Waals surface area contributed by atoms with Crippen molar-refractivity contribution in [3.8, 4) is 0 Å². The number of carbonyl (C=O) groups excluding carboxylic acids is 1. The van der Waals surface area contributed by atoms with Crippen LogP contribution in [0.1, 0.15) is 12.0 Å². The summed E-state index contributed by atoms with van der Waals surface area (Å²) in [6.45, 7) is 2.62. The molecule has 0 aromatic heterocycles. The molecule has 1 aromatic rings. The van der Waals surface area contributed by atoms with Gasteiger partial charge in [0.1, 0.15) is 0 Å². The number of anilines is 1. The summed E-state index contributed by atoms with van der Waals surface area (Å²) in [4.78, 5) is 14.4. The molecule has 0 spiro atoms. The number of hydrogen-bond donors (Lipinski definition) is 1. The number of nitrogens with zero attached hydrogens (tertiary/aromatic N) is 2. The molecule has 1 N–H and O–H groups in total. The van der Waals surface area contributed by atoms with Crippen LogP contribution in [0.15, 0.2) is 35.9 Å². The van der Waals surface area contributed by atoms with E-state index in [1.165, 1.54) is 5.56 Å². The highest BCUT2D eigenvalue weighted by molar-refractivity contribution is 5.95. The number of hydrazine groups is 1. The molecule has 2 aliphatic heterocycles. The fourth-order valence-corrected chi connectivity index (χ4v) is 2.71. The molecule has 0 atom stereocenters. The van der Waals surface area contributed by atoms with E-state index in [2.05, 4.69) is 28.5 Å². The van der Waals surface area contributed by atoms with E-state index in [9.17, 15) is 4.79 Å². The summed E-state index contributed by atoms with van der Waals surface area (Å²) < 4.78 is 0. The van der Waals surface area contributed by atoms with Gasteiger partial charge >= 0.3 is 0 Å². The monoisotopic (exact) mass is 257 g/mol. The Balaban J connectivity index is 1.70. The fourth-order valence-electron chi connectivity index (χ4n) is 2.71. The van der Waals surface area contributed by atoms with Gasteiger partial charge < -0.3 is 4.90 Å². The lowest BCUT2D eigenvalue weighted by atomic mass is 10.1. The van der Waals surface area contributed by atoms with Crippen LogP contribution in [-0.2, 0) is 11.2 Å². The first-order chi connectivity index (χ1) is 9.24. The Kier molecular flexibility index (Phi) is 3.25. The maximum Gasteiger partial charge on any atom is 0.266 e. The smallest absolute Gasteiger partial charge is 0.266 e. The Labute approximate surface area is 113 Å². The number of benzene rings is 1. The van der Waals surface area contributed by atoms with Crippen LogP contribution in [0.3, 0.4) is 0 Å². The van der Waals surface area contributed by atoms with Crippen LogP contribution in [0, 0.1) is 0 Å². The predicted octanol–water partition coefficient (Wildman–Crippen LogP) is 1.34. The number of likely N-dealkylation sites (N-methyl/N-ethyl adjacent to an activating group) is 1. The molecule has 4 nitrogen and oxygen atoms in total. The molecule has 1 amide bonds. The number of rotatable bonds is 2. The summed E-state index contributed by atoms with van der Waals surface area (Å²) in [6.07, 6.45) is 4.00. The van der Waals surface area contributed by atoms with Crippen LogP contribution in [-0.4, -0.2) is 37.5 Å². The third-order valence-corrected chi connectivity index (χ3v) is 3.76. The number of amides is 1. The Morgan fingerprint density at radius 3 is 2.95 bits per heavy atom. The summed E-state index contributed by atoms with van der Waals surface area (Å²) in [5, 5.41) is 1.97. The van der Waals surface area contributed by atoms with E-state index < -0.39 is 0 Å². The molecule has 2 heterocycles. The quantitative estimate of drug-likeness (QED) is 0.868. The molecule has 19 heavy (non-hydrogen) atoms. The van der Waals surface area contributed by atoms with E-state index in [0.717, 1.165) is 43.7 Å². The third-order valence-electron chi connectivity index (χ3n) is 3.76. The summed E-state index contributed by atoms with van der Waals surface area (Å²) >= 11 is 0. The van der Waals surface area contributed by atoms with Crippen LogP contribution in [0.2, 0.25) is 0 Å². The molecular weight excluding hydrogens is 238 g/mol. The van der Waals surface area contributed by atoms with Gasteiger partial charge in [-0.25, -0.2) is 0 Å². The van der Waals surface area contributed by atoms with Gasteiger partial charge in [-0.15, -0.1) is 0 Å². The first-order valence-corrected chi connectivity index (χ1v) is 6.78. The van der Waals surface area contributed by atoms with Gasteiger partial charge in [-0.3, -0.25) is 15.2 Å². The highest BCUT2D eigenvalue weighted by Crippen LogP contribution is 2.25. The van der Waals surface area contributed by atoms with Gasteiger partial charge in [0, 0.05) is 25.2 Å². The van der Waals surface area contributed by atoms with Crippen LogP contribution in [0.4, 0.5) is 5.69 Å². The molecular formula is C15H19N3O. The number of fused-ring (bicyclic) bond motifs is 1. The lowest BCUT2D eigenvalue weighted by Gasteiger charge is -2.25. The van der Waals surface area contributed by atoms with Crippen molar-refractivity contribution in [1.29, 1.82) is 0 Å².